The predicted molar refractivity (Wildman–Crippen MR) is 66.4 cm³/mol. The molecule has 2 unspecified atom stereocenters. The van der Waals surface area contributed by atoms with Crippen molar-refractivity contribution in [3.8, 4) is 0 Å². The van der Waals surface area contributed by atoms with E-state index in [1.807, 2.05) is 19.1 Å². The van der Waals surface area contributed by atoms with Gasteiger partial charge in [0.15, 0.2) is 0 Å². The van der Waals surface area contributed by atoms with Crippen molar-refractivity contribution in [2.45, 2.75) is 25.8 Å². The summed E-state index contributed by atoms with van der Waals surface area (Å²) in [5, 5.41) is 3.39. The average molecular weight is 237 g/mol. The molecular weight excluding hydrogens is 217 g/mol. The standard InChI is InChI=1S/C14H20FNO/c1-11(13-6-2-3-7-14(13)15)16-9-12-5-4-8-17-10-12/h2-3,6-7,11-12,16H,4-5,8-10H2,1H3. The molecule has 0 aliphatic carbocycles. The zero-order chi connectivity index (χ0) is 12.1. The molecule has 1 heterocycles. The van der Waals surface area contributed by atoms with Gasteiger partial charge in [0.05, 0.1) is 6.61 Å². The minimum absolute atomic E-state index is 0.0538. The number of benzene rings is 1. The Hall–Kier alpha value is -0.930. The molecule has 1 aromatic carbocycles. The van der Waals surface area contributed by atoms with Crippen LogP contribution in [0.5, 0.6) is 0 Å². The first kappa shape index (κ1) is 12.5. The molecular formula is C14H20FNO. The SMILES string of the molecule is CC(NCC1CCCOC1)c1ccccc1F. The van der Waals surface area contributed by atoms with Crippen molar-refractivity contribution in [2.24, 2.45) is 5.92 Å². The van der Waals surface area contributed by atoms with Crippen LogP contribution in [0.4, 0.5) is 4.39 Å². The van der Waals surface area contributed by atoms with Crippen molar-refractivity contribution in [2.75, 3.05) is 19.8 Å². The Morgan fingerprint density at radius 3 is 3.00 bits per heavy atom. The molecule has 17 heavy (non-hydrogen) atoms. The van der Waals surface area contributed by atoms with E-state index in [2.05, 4.69) is 5.32 Å². The molecule has 2 nitrogen and oxygen atoms in total. The Kier molecular flexibility index (Phi) is 4.51. The van der Waals surface area contributed by atoms with Crippen LogP contribution in [0.15, 0.2) is 24.3 Å². The molecule has 1 N–H and O–H groups in total. The molecule has 0 bridgehead atoms. The summed E-state index contributed by atoms with van der Waals surface area (Å²) in [7, 11) is 0. The lowest BCUT2D eigenvalue weighted by molar-refractivity contribution is 0.0539. The number of rotatable bonds is 4. The molecule has 1 fully saturated rings. The largest absolute Gasteiger partial charge is 0.381 e. The number of hydrogen-bond donors (Lipinski definition) is 1. The molecule has 0 spiro atoms. The predicted octanol–water partition coefficient (Wildman–Crippen LogP) is 2.90. The third-order valence-electron chi connectivity index (χ3n) is 3.34. The topological polar surface area (TPSA) is 21.3 Å². The number of hydrogen-bond acceptors (Lipinski definition) is 2. The summed E-state index contributed by atoms with van der Waals surface area (Å²) in [4.78, 5) is 0. The molecule has 0 radical (unpaired) electrons. The minimum Gasteiger partial charge on any atom is -0.381 e. The van der Waals surface area contributed by atoms with E-state index in [1.54, 1.807) is 6.07 Å². The van der Waals surface area contributed by atoms with E-state index < -0.39 is 0 Å². The average Bonchev–Trinajstić information content (AvgIpc) is 2.38. The van der Waals surface area contributed by atoms with E-state index in [0.717, 1.165) is 31.7 Å². The van der Waals surface area contributed by atoms with Crippen LogP contribution in [0.2, 0.25) is 0 Å². The van der Waals surface area contributed by atoms with Gasteiger partial charge >= 0.3 is 0 Å². The van der Waals surface area contributed by atoms with E-state index in [4.69, 9.17) is 4.74 Å². The van der Waals surface area contributed by atoms with Gasteiger partial charge < -0.3 is 10.1 Å². The fourth-order valence-corrected chi connectivity index (χ4v) is 2.25. The Labute approximate surface area is 102 Å². The lowest BCUT2D eigenvalue weighted by atomic mass is 10.0. The van der Waals surface area contributed by atoms with Gasteiger partial charge in [0.1, 0.15) is 5.82 Å². The van der Waals surface area contributed by atoms with Crippen molar-refractivity contribution >= 4 is 0 Å². The Bertz CT molecular complexity index is 350. The Balaban J connectivity index is 1.84. The molecule has 0 saturated carbocycles. The summed E-state index contributed by atoms with van der Waals surface area (Å²) < 4.78 is 19.0. The second kappa shape index (κ2) is 6.12. The van der Waals surface area contributed by atoms with Gasteiger partial charge in [-0.15, -0.1) is 0 Å². The van der Waals surface area contributed by atoms with Gasteiger partial charge in [-0.2, -0.15) is 0 Å². The highest BCUT2D eigenvalue weighted by Crippen LogP contribution is 2.18. The van der Waals surface area contributed by atoms with E-state index in [9.17, 15) is 4.39 Å². The monoisotopic (exact) mass is 237 g/mol. The third-order valence-corrected chi connectivity index (χ3v) is 3.34. The molecule has 94 valence electrons. The molecule has 2 atom stereocenters. The van der Waals surface area contributed by atoms with Gasteiger partial charge in [-0.1, -0.05) is 18.2 Å². The van der Waals surface area contributed by atoms with Crippen LogP contribution in [0.3, 0.4) is 0 Å². The number of ether oxygens (including phenoxy) is 1. The van der Waals surface area contributed by atoms with Crippen LogP contribution in [0, 0.1) is 11.7 Å². The lowest BCUT2D eigenvalue weighted by Gasteiger charge is -2.24. The second-order valence-electron chi connectivity index (χ2n) is 4.73. The summed E-state index contributed by atoms with van der Waals surface area (Å²) in [5.41, 5.74) is 0.740. The second-order valence-corrected chi connectivity index (χ2v) is 4.73. The highest BCUT2D eigenvalue weighted by atomic mass is 19.1. The van der Waals surface area contributed by atoms with Gasteiger partial charge in [0, 0.05) is 24.8 Å². The number of nitrogens with one attached hydrogen (secondary N) is 1. The van der Waals surface area contributed by atoms with Crippen molar-refractivity contribution in [1.82, 2.24) is 5.32 Å². The van der Waals surface area contributed by atoms with E-state index >= 15 is 0 Å². The first-order valence-corrected chi connectivity index (χ1v) is 6.33. The molecule has 1 aromatic rings. The van der Waals surface area contributed by atoms with Crippen molar-refractivity contribution in [1.29, 1.82) is 0 Å². The van der Waals surface area contributed by atoms with Crippen LogP contribution < -0.4 is 5.32 Å². The van der Waals surface area contributed by atoms with E-state index in [1.165, 1.54) is 12.5 Å². The molecule has 2 rings (SSSR count). The minimum atomic E-state index is -0.132. The van der Waals surface area contributed by atoms with Gasteiger partial charge in [0.25, 0.3) is 0 Å². The normalized spacial score (nSPS) is 22.4. The first-order chi connectivity index (χ1) is 8.27. The van der Waals surface area contributed by atoms with E-state index in [-0.39, 0.29) is 11.9 Å². The van der Waals surface area contributed by atoms with Crippen molar-refractivity contribution in [3.63, 3.8) is 0 Å². The molecule has 1 aliphatic rings. The van der Waals surface area contributed by atoms with Crippen LogP contribution in [-0.4, -0.2) is 19.8 Å². The van der Waals surface area contributed by atoms with Gasteiger partial charge in [-0.05, 0) is 31.7 Å². The van der Waals surface area contributed by atoms with Crippen LogP contribution in [0.25, 0.3) is 0 Å². The van der Waals surface area contributed by atoms with E-state index in [0.29, 0.717) is 5.92 Å². The van der Waals surface area contributed by atoms with Crippen LogP contribution in [0.1, 0.15) is 31.4 Å². The Morgan fingerprint density at radius 1 is 1.47 bits per heavy atom. The van der Waals surface area contributed by atoms with Crippen molar-refractivity contribution in [3.05, 3.63) is 35.6 Å². The smallest absolute Gasteiger partial charge is 0.127 e. The lowest BCUT2D eigenvalue weighted by Crippen LogP contribution is -2.31. The third kappa shape index (κ3) is 3.51. The maximum atomic E-state index is 13.5. The zero-order valence-corrected chi connectivity index (χ0v) is 10.3. The van der Waals surface area contributed by atoms with Gasteiger partial charge in [0.2, 0.25) is 0 Å². The maximum absolute atomic E-state index is 13.5. The molecule has 1 aliphatic heterocycles. The van der Waals surface area contributed by atoms with Crippen molar-refractivity contribution < 1.29 is 9.13 Å². The summed E-state index contributed by atoms with van der Waals surface area (Å²) in [6.07, 6.45) is 2.34. The highest BCUT2D eigenvalue weighted by molar-refractivity contribution is 5.20. The quantitative estimate of drug-likeness (QED) is 0.869. The molecule has 1 saturated heterocycles. The summed E-state index contributed by atoms with van der Waals surface area (Å²) >= 11 is 0. The molecule has 0 aromatic heterocycles. The fraction of sp³-hybridized carbons (Fsp3) is 0.571. The van der Waals surface area contributed by atoms with Gasteiger partial charge in [-0.25, -0.2) is 4.39 Å². The molecule has 0 amide bonds. The summed E-state index contributed by atoms with van der Waals surface area (Å²) in [6, 6.07) is 7.00. The zero-order valence-electron chi connectivity index (χ0n) is 10.3. The first-order valence-electron chi connectivity index (χ1n) is 6.33. The molecule has 3 heteroatoms. The maximum Gasteiger partial charge on any atom is 0.127 e. The summed E-state index contributed by atoms with van der Waals surface area (Å²) in [5.74, 6) is 0.436. The van der Waals surface area contributed by atoms with Crippen LogP contribution in [-0.2, 0) is 4.74 Å². The van der Waals surface area contributed by atoms with Crippen LogP contribution >= 0.6 is 0 Å². The number of halogens is 1. The fourth-order valence-electron chi connectivity index (χ4n) is 2.25. The van der Waals surface area contributed by atoms with Gasteiger partial charge in [-0.3, -0.25) is 0 Å². The highest BCUT2D eigenvalue weighted by Gasteiger charge is 2.16. The Morgan fingerprint density at radius 2 is 2.29 bits per heavy atom. The summed E-state index contributed by atoms with van der Waals surface area (Å²) in [6.45, 7) is 4.62.